The zero-order valence-corrected chi connectivity index (χ0v) is 11.8. The van der Waals surface area contributed by atoms with E-state index < -0.39 is 0 Å². The molecule has 1 aromatic rings. The first-order valence-corrected chi connectivity index (χ1v) is 6.82. The molecule has 0 aliphatic carbocycles. The van der Waals surface area contributed by atoms with Gasteiger partial charge < -0.3 is 15.4 Å². The minimum Gasteiger partial charge on any atom is -0.491 e. The number of rotatable bonds is 5. The highest BCUT2D eigenvalue weighted by Crippen LogP contribution is 2.22. The third-order valence-electron chi connectivity index (χ3n) is 3.18. The highest BCUT2D eigenvalue weighted by Gasteiger charge is 2.20. The van der Waals surface area contributed by atoms with E-state index in [1.165, 1.54) is 0 Å². The SMILES string of the molecule is Cc1cc(OC(C)C)ccc1NC(=O)CC1CNC1. The lowest BCUT2D eigenvalue weighted by molar-refractivity contribution is -0.117. The number of anilines is 1. The summed E-state index contributed by atoms with van der Waals surface area (Å²) in [4.78, 5) is 11.9. The van der Waals surface area contributed by atoms with E-state index in [2.05, 4.69) is 10.6 Å². The molecule has 0 unspecified atom stereocenters. The number of amides is 1. The van der Waals surface area contributed by atoms with Crippen LogP contribution in [0.2, 0.25) is 0 Å². The maximum absolute atomic E-state index is 11.9. The van der Waals surface area contributed by atoms with Crippen LogP contribution in [0.15, 0.2) is 18.2 Å². The van der Waals surface area contributed by atoms with Crippen LogP contribution in [0, 0.1) is 12.8 Å². The van der Waals surface area contributed by atoms with E-state index in [9.17, 15) is 4.79 Å². The molecule has 1 amide bonds. The monoisotopic (exact) mass is 262 g/mol. The second-order valence-corrected chi connectivity index (χ2v) is 5.42. The molecule has 0 radical (unpaired) electrons. The fraction of sp³-hybridized carbons (Fsp3) is 0.533. The van der Waals surface area contributed by atoms with Gasteiger partial charge in [0.05, 0.1) is 6.10 Å². The molecule has 4 nitrogen and oxygen atoms in total. The van der Waals surface area contributed by atoms with Gasteiger partial charge in [-0.3, -0.25) is 4.79 Å². The summed E-state index contributed by atoms with van der Waals surface area (Å²) in [5, 5.41) is 6.14. The Hall–Kier alpha value is -1.55. The second-order valence-electron chi connectivity index (χ2n) is 5.42. The average Bonchev–Trinajstić information content (AvgIpc) is 2.27. The predicted molar refractivity (Wildman–Crippen MR) is 76.5 cm³/mol. The summed E-state index contributed by atoms with van der Waals surface area (Å²) in [7, 11) is 0. The Labute approximate surface area is 114 Å². The van der Waals surface area contributed by atoms with Crippen LogP contribution in [0.1, 0.15) is 25.8 Å². The van der Waals surface area contributed by atoms with Crippen molar-refractivity contribution in [3.63, 3.8) is 0 Å². The van der Waals surface area contributed by atoms with E-state index >= 15 is 0 Å². The standard InChI is InChI=1S/C15H22N2O2/c1-10(2)19-13-4-5-14(11(3)6-13)17-15(18)7-12-8-16-9-12/h4-6,10,12,16H,7-9H2,1-3H3,(H,17,18). The van der Waals surface area contributed by atoms with Crippen LogP contribution >= 0.6 is 0 Å². The number of nitrogens with one attached hydrogen (secondary N) is 2. The van der Waals surface area contributed by atoms with Gasteiger partial charge in [0.25, 0.3) is 0 Å². The summed E-state index contributed by atoms with van der Waals surface area (Å²) in [6, 6.07) is 5.76. The van der Waals surface area contributed by atoms with Gasteiger partial charge in [-0.2, -0.15) is 0 Å². The van der Waals surface area contributed by atoms with Crippen LogP contribution in [0.5, 0.6) is 5.75 Å². The summed E-state index contributed by atoms with van der Waals surface area (Å²) in [6.45, 7) is 7.88. The largest absolute Gasteiger partial charge is 0.491 e. The van der Waals surface area contributed by atoms with Gasteiger partial charge in [0.1, 0.15) is 5.75 Å². The Kier molecular flexibility index (Phi) is 4.43. The second kappa shape index (κ2) is 6.06. The Morgan fingerprint density at radius 2 is 2.21 bits per heavy atom. The molecule has 0 aromatic heterocycles. The predicted octanol–water partition coefficient (Wildman–Crippen LogP) is 2.33. The lowest BCUT2D eigenvalue weighted by Gasteiger charge is -2.26. The van der Waals surface area contributed by atoms with Gasteiger partial charge in [0.2, 0.25) is 5.91 Å². The zero-order valence-electron chi connectivity index (χ0n) is 11.8. The van der Waals surface area contributed by atoms with Gasteiger partial charge in [-0.25, -0.2) is 0 Å². The Bertz CT molecular complexity index is 453. The summed E-state index contributed by atoms with van der Waals surface area (Å²) in [5.74, 6) is 1.42. The van der Waals surface area contributed by atoms with Gasteiger partial charge in [-0.1, -0.05) is 0 Å². The van der Waals surface area contributed by atoms with Crippen molar-refractivity contribution in [2.75, 3.05) is 18.4 Å². The summed E-state index contributed by atoms with van der Waals surface area (Å²) >= 11 is 0. The minimum atomic E-state index is 0.0899. The fourth-order valence-electron chi connectivity index (χ4n) is 2.08. The zero-order chi connectivity index (χ0) is 13.8. The van der Waals surface area contributed by atoms with Crippen LogP contribution < -0.4 is 15.4 Å². The Balaban J connectivity index is 1.94. The Morgan fingerprint density at radius 3 is 2.74 bits per heavy atom. The van der Waals surface area contributed by atoms with Gasteiger partial charge in [-0.15, -0.1) is 0 Å². The highest BCUT2D eigenvalue weighted by atomic mass is 16.5. The van der Waals surface area contributed by atoms with Crippen LogP contribution in [-0.2, 0) is 4.79 Å². The molecule has 104 valence electrons. The van der Waals surface area contributed by atoms with Crippen molar-refractivity contribution in [2.24, 2.45) is 5.92 Å². The minimum absolute atomic E-state index is 0.0899. The first-order valence-electron chi connectivity index (χ1n) is 6.82. The van der Waals surface area contributed by atoms with Crippen LogP contribution in [-0.4, -0.2) is 25.1 Å². The van der Waals surface area contributed by atoms with E-state index in [1.54, 1.807) is 0 Å². The number of aryl methyl sites for hydroxylation is 1. The van der Waals surface area contributed by atoms with Gasteiger partial charge in [-0.05, 0) is 63.5 Å². The van der Waals surface area contributed by atoms with Gasteiger partial charge in [0, 0.05) is 12.1 Å². The van der Waals surface area contributed by atoms with Crippen LogP contribution in [0.25, 0.3) is 0 Å². The summed E-state index contributed by atoms with van der Waals surface area (Å²) in [6.07, 6.45) is 0.752. The molecule has 0 saturated carbocycles. The van der Waals surface area contributed by atoms with E-state index in [-0.39, 0.29) is 12.0 Å². The first-order chi connectivity index (χ1) is 9.04. The van der Waals surface area contributed by atoms with Gasteiger partial charge >= 0.3 is 0 Å². The molecule has 4 heteroatoms. The molecule has 1 aliphatic rings. The molecule has 1 fully saturated rings. The van der Waals surface area contributed by atoms with E-state index in [0.29, 0.717) is 12.3 Å². The maximum Gasteiger partial charge on any atom is 0.224 e. The normalized spacial score (nSPS) is 15.2. The topological polar surface area (TPSA) is 50.4 Å². The maximum atomic E-state index is 11.9. The van der Waals surface area contributed by atoms with Crippen LogP contribution in [0.4, 0.5) is 5.69 Å². The smallest absolute Gasteiger partial charge is 0.224 e. The van der Waals surface area contributed by atoms with Gasteiger partial charge in [0.15, 0.2) is 0 Å². The van der Waals surface area contributed by atoms with Crippen molar-refractivity contribution in [3.8, 4) is 5.75 Å². The molecular formula is C15H22N2O2. The first kappa shape index (κ1) is 13.9. The van der Waals surface area contributed by atoms with Crippen molar-refractivity contribution in [2.45, 2.75) is 33.3 Å². The van der Waals surface area contributed by atoms with E-state index in [0.717, 1.165) is 30.1 Å². The molecular weight excluding hydrogens is 240 g/mol. The number of carbonyl (C=O) groups is 1. The average molecular weight is 262 g/mol. The Morgan fingerprint density at radius 1 is 1.47 bits per heavy atom. The van der Waals surface area contributed by atoms with Crippen molar-refractivity contribution >= 4 is 11.6 Å². The quantitative estimate of drug-likeness (QED) is 0.856. The molecule has 1 saturated heterocycles. The molecule has 1 heterocycles. The molecule has 0 atom stereocenters. The van der Waals surface area contributed by atoms with E-state index in [1.807, 2.05) is 39.0 Å². The van der Waals surface area contributed by atoms with Crippen molar-refractivity contribution in [1.29, 1.82) is 0 Å². The highest BCUT2D eigenvalue weighted by molar-refractivity contribution is 5.91. The van der Waals surface area contributed by atoms with E-state index in [4.69, 9.17) is 4.74 Å². The molecule has 19 heavy (non-hydrogen) atoms. The number of hydrogen-bond acceptors (Lipinski definition) is 3. The van der Waals surface area contributed by atoms with Crippen molar-refractivity contribution < 1.29 is 9.53 Å². The number of ether oxygens (including phenoxy) is 1. The summed E-state index contributed by atoms with van der Waals surface area (Å²) in [5.41, 5.74) is 1.90. The third kappa shape index (κ3) is 3.96. The molecule has 2 N–H and O–H groups in total. The fourth-order valence-corrected chi connectivity index (χ4v) is 2.08. The molecule has 0 spiro atoms. The van der Waals surface area contributed by atoms with Crippen LogP contribution in [0.3, 0.4) is 0 Å². The molecule has 1 aromatic carbocycles. The molecule has 1 aliphatic heterocycles. The lowest BCUT2D eigenvalue weighted by Crippen LogP contribution is -2.43. The third-order valence-corrected chi connectivity index (χ3v) is 3.18. The summed E-state index contributed by atoms with van der Waals surface area (Å²) < 4.78 is 5.63. The lowest BCUT2D eigenvalue weighted by atomic mass is 9.99. The number of carbonyl (C=O) groups excluding carboxylic acids is 1. The van der Waals surface area contributed by atoms with Crippen molar-refractivity contribution in [3.05, 3.63) is 23.8 Å². The van der Waals surface area contributed by atoms with Crippen molar-refractivity contribution in [1.82, 2.24) is 5.32 Å². The number of hydrogen-bond donors (Lipinski definition) is 2. The molecule has 0 bridgehead atoms. The molecule has 2 rings (SSSR count). The number of benzene rings is 1.